The number of rotatable bonds is 22. The Morgan fingerprint density at radius 2 is 1.46 bits per heavy atom. The van der Waals surface area contributed by atoms with Gasteiger partial charge >= 0.3 is 0 Å². The molecule has 4 bridgehead atoms. The van der Waals surface area contributed by atoms with Crippen LogP contribution in [0.5, 0.6) is 11.5 Å². The van der Waals surface area contributed by atoms with Crippen molar-refractivity contribution in [1.29, 1.82) is 0 Å². The number of ketones is 4. The van der Waals surface area contributed by atoms with Gasteiger partial charge in [-0.2, -0.15) is 0 Å². The van der Waals surface area contributed by atoms with Crippen molar-refractivity contribution in [3.8, 4) is 11.5 Å². The summed E-state index contributed by atoms with van der Waals surface area (Å²) in [6, 6.07) is 6.26. The number of amides is 6. The lowest BCUT2D eigenvalue weighted by Gasteiger charge is -2.20. The molecule has 408 valence electrons. The number of nitrogens with one attached hydrogen (secondary N) is 8. The lowest BCUT2D eigenvalue weighted by Crippen LogP contribution is -2.46. The van der Waals surface area contributed by atoms with Crippen LogP contribution < -0.4 is 42.5 Å². The molecule has 25 heteroatoms. The Morgan fingerprint density at radius 3 is 2.21 bits per heavy atom. The molecule has 0 saturated carbocycles. The number of benzene rings is 2. The van der Waals surface area contributed by atoms with Gasteiger partial charge in [0.1, 0.15) is 11.5 Å². The molecule has 0 radical (unpaired) electrons. The normalized spacial score (nSPS) is 16.4. The zero-order valence-electron chi connectivity index (χ0n) is 42.2. The quantitative estimate of drug-likeness (QED) is 0.0496. The molecule has 0 aliphatic carbocycles. The highest BCUT2D eigenvalue weighted by molar-refractivity contribution is 7.15. The van der Waals surface area contributed by atoms with E-state index in [0.717, 1.165) is 4.88 Å². The van der Waals surface area contributed by atoms with Crippen LogP contribution in [-0.4, -0.2) is 134 Å². The van der Waals surface area contributed by atoms with Crippen molar-refractivity contribution in [2.45, 2.75) is 122 Å². The fraction of sp³-hybridized carbons (Fsp3) is 0.451. The molecule has 6 amide bonds. The van der Waals surface area contributed by atoms with E-state index in [1.54, 1.807) is 36.7 Å². The molecular formula is C51H64N10O13S2. The summed E-state index contributed by atoms with van der Waals surface area (Å²) >= 11 is 2.55. The van der Waals surface area contributed by atoms with Gasteiger partial charge in [-0.25, -0.2) is 9.97 Å². The van der Waals surface area contributed by atoms with Crippen LogP contribution in [0.3, 0.4) is 0 Å². The van der Waals surface area contributed by atoms with Crippen LogP contribution >= 0.6 is 22.7 Å². The average Bonchev–Trinajstić information content (AvgIpc) is 4.07. The molecule has 0 fully saturated rings. The van der Waals surface area contributed by atoms with Gasteiger partial charge in [-0.15, -0.1) is 11.3 Å². The minimum atomic E-state index is -1.21. The number of aromatic hydroxyl groups is 2. The fourth-order valence-electron chi connectivity index (χ4n) is 7.65. The van der Waals surface area contributed by atoms with Gasteiger partial charge in [0.05, 0.1) is 48.7 Å². The SMILES string of the molecule is C[C@H](NC(=O)CCC(=O)[C@H](Cc1ccc(O)cc1)NC(=O)CCC(=O)[C@@H]1Cc2ccc(O)c(c2)Cc2cnc(s2)NCC(=O)NCC(=O)N[C@@H](C)C(=O)CCC(=O)N1)C(=O)CCC(=O)NCCCNc1ncc(CO)s1. The Labute approximate surface area is 446 Å². The highest BCUT2D eigenvalue weighted by Gasteiger charge is 2.27. The van der Waals surface area contributed by atoms with Crippen molar-refractivity contribution in [2.75, 3.05) is 36.8 Å². The number of aromatic nitrogens is 2. The van der Waals surface area contributed by atoms with Crippen LogP contribution in [0.15, 0.2) is 54.9 Å². The number of hydrogen-bond donors (Lipinski definition) is 11. The number of Topliss-reactive ketones (excluding diaryl/α,β-unsaturated/α-hetero) is 4. The molecule has 3 heterocycles. The number of carbonyl (C=O) groups is 10. The van der Waals surface area contributed by atoms with E-state index in [0.29, 0.717) is 51.3 Å². The summed E-state index contributed by atoms with van der Waals surface area (Å²) in [6.07, 6.45) is 1.46. The van der Waals surface area contributed by atoms with Crippen LogP contribution in [0.4, 0.5) is 10.3 Å². The minimum Gasteiger partial charge on any atom is -0.508 e. The second kappa shape index (κ2) is 30.0. The highest BCUT2D eigenvalue weighted by atomic mass is 32.1. The van der Waals surface area contributed by atoms with Crippen molar-refractivity contribution in [1.82, 2.24) is 41.9 Å². The molecule has 11 N–H and O–H groups in total. The summed E-state index contributed by atoms with van der Waals surface area (Å²) < 4.78 is 0. The standard InChI is InChI=1S/C51H64N10O13S2/c1-29(39(64)10-14-44(69)52-18-3-19-53-50-56-25-36(28-62)76-50)58-45(70)16-12-42(67)37(21-31-4-7-34(63)8-5-31)60-47(72)17-13-43(68)38-22-32-6-9-41(66)33(20-32)23-35-24-55-51(75-35)57-26-48(73)54-27-49(74)59-30(2)40(65)11-15-46(71)61-38/h4-9,20,24-25,29-30,37-38,62-63,66H,3,10-19,21-23,26-28H2,1-2H3,(H,52,69)(H,53,56)(H,54,73)(H,55,57)(H,58,70)(H,59,74)(H,60,72)(H,61,71)/t29-,30-,37-,38-/m0/s1. The second-order valence-corrected chi connectivity index (χ2v) is 20.3. The van der Waals surface area contributed by atoms with Gasteiger partial charge in [-0.3, -0.25) is 47.9 Å². The fourth-order valence-corrected chi connectivity index (χ4v) is 9.18. The topological polar surface area (TPSA) is 353 Å². The molecule has 1 aliphatic heterocycles. The zero-order valence-corrected chi connectivity index (χ0v) is 43.8. The Morgan fingerprint density at radius 1 is 0.750 bits per heavy atom. The number of aliphatic hydroxyl groups is 1. The van der Waals surface area contributed by atoms with Crippen LogP contribution in [-0.2, 0) is 73.8 Å². The molecule has 5 rings (SSSR count). The first-order valence-corrected chi connectivity index (χ1v) is 26.4. The molecular weight excluding hydrogens is 1020 g/mol. The second-order valence-electron chi connectivity index (χ2n) is 18.1. The minimum absolute atomic E-state index is 0.0326. The van der Waals surface area contributed by atoms with Crippen LogP contribution in [0.1, 0.15) is 98.1 Å². The molecule has 23 nitrogen and oxygen atoms in total. The van der Waals surface area contributed by atoms with E-state index in [9.17, 15) is 58.2 Å². The van der Waals surface area contributed by atoms with E-state index in [-0.39, 0.29) is 88.3 Å². The Kier molecular flexibility index (Phi) is 23.4. The van der Waals surface area contributed by atoms with Gasteiger partial charge in [0.2, 0.25) is 35.4 Å². The van der Waals surface area contributed by atoms with E-state index in [4.69, 9.17) is 5.11 Å². The summed E-state index contributed by atoms with van der Waals surface area (Å²) in [6.45, 7) is 3.09. The predicted molar refractivity (Wildman–Crippen MR) is 280 cm³/mol. The maximum absolute atomic E-state index is 14.0. The van der Waals surface area contributed by atoms with Gasteiger partial charge in [-0.05, 0) is 68.0 Å². The monoisotopic (exact) mass is 1090 g/mol. The van der Waals surface area contributed by atoms with Gasteiger partial charge in [-0.1, -0.05) is 35.6 Å². The van der Waals surface area contributed by atoms with Crippen molar-refractivity contribution in [3.63, 3.8) is 0 Å². The maximum Gasteiger partial charge on any atom is 0.239 e. The number of aliphatic hydroxyl groups excluding tert-OH is 1. The Balaban J connectivity index is 1.17. The number of phenolic OH excluding ortho intramolecular Hbond substituents is 2. The van der Waals surface area contributed by atoms with E-state index in [1.165, 1.54) is 54.7 Å². The number of carbonyl (C=O) groups excluding carboxylic acids is 10. The van der Waals surface area contributed by atoms with E-state index >= 15 is 0 Å². The molecule has 76 heavy (non-hydrogen) atoms. The lowest BCUT2D eigenvalue weighted by atomic mass is 9.96. The number of anilines is 2. The summed E-state index contributed by atoms with van der Waals surface area (Å²) in [5.74, 6) is -5.50. The third kappa shape index (κ3) is 20.6. The third-order valence-corrected chi connectivity index (χ3v) is 13.8. The Bertz CT molecular complexity index is 2710. The Hall–Kier alpha value is -7.64. The van der Waals surface area contributed by atoms with E-state index < -0.39 is 96.2 Å². The molecule has 4 aromatic rings. The highest BCUT2D eigenvalue weighted by Crippen LogP contribution is 2.27. The smallest absolute Gasteiger partial charge is 0.239 e. The van der Waals surface area contributed by atoms with Crippen molar-refractivity contribution >= 4 is 91.5 Å². The van der Waals surface area contributed by atoms with Gasteiger partial charge in [0.15, 0.2) is 33.4 Å². The first-order valence-electron chi connectivity index (χ1n) is 24.7. The molecule has 1 aliphatic rings. The summed E-state index contributed by atoms with van der Waals surface area (Å²) in [7, 11) is 0. The zero-order chi connectivity index (χ0) is 55.1. The first-order chi connectivity index (χ1) is 36.3. The van der Waals surface area contributed by atoms with Gasteiger partial charge in [0, 0.05) is 88.1 Å². The van der Waals surface area contributed by atoms with Crippen molar-refractivity contribution < 1.29 is 63.3 Å². The van der Waals surface area contributed by atoms with Crippen molar-refractivity contribution in [2.24, 2.45) is 0 Å². The largest absolute Gasteiger partial charge is 0.508 e. The maximum atomic E-state index is 14.0. The van der Waals surface area contributed by atoms with Crippen LogP contribution in [0.2, 0.25) is 0 Å². The third-order valence-electron chi connectivity index (χ3n) is 11.9. The summed E-state index contributed by atoms with van der Waals surface area (Å²) in [5.41, 5.74) is 1.57. The number of fused-ring (bicyclic) bond motifs is 4. The average molecular weight is 1090 g/mol. The first kappa shape index (κ1) is 59.2. The molecule has 4 atom stereocenters. The molecule has 2 aromatic heterocycles. The number of thiazole rings is 2. The number of phenols is 2. The van der Waals surface area contributed by atoms with E-state index in [2.05, 4.69) is 52.5 Å². The van der Waals surface area contributed by atoms with Crippen LogP contribution in [0.25, 0.3) is 0 Å². The predicted octanol–water partition coefficient (Wildman–Crippen LogP) is 1.42. The molecule has 2 aromatic carbocycles. The number of hydrogen-bond acceptors (Lipinski definition) is 19. The summed E-state index contributed by atoms with van der Waals surface area (Å²) in [5, 5.41) is 52.4. The molecule has 0 spiro atoms. The molecule has 0 unspecified atom stereocenters. The van der Waals surface area contributed by atoms with Gasteiger partial charge in [0.25, 0.3) is 0 Å². The van der Waals surface area contributed by atoms with Crippen molar-refractivity contribution in [3.05, 3.63) is 81.3 Å². The number of nitrogens with zero attached hydrogens (tertiary/aromatic N) is 2. The summed E-state index contributed by atoms with van der Waals surface area (Å²) in [4.78, 5) is 140. The van der Waals surface area contributed by atoms with E-state index in [1.807, 2.05) is 0 Å². The van der Waals surface area contributed by atoms with Crippen LogP contribution in [0, 0.1) is 0 Å². The lowest BCUT2D eigenvalue weighted by molar-refractivity contribution is -0.132. The molecule has 0 saturated heterocycles. The van der Waals surface area contributed by atoms with Gasteiger partial charge < -0.3 is 57.9 Å².